The van der Waals surface area contributed by atoms with Gasteiger partial charge < -0.3 is 9.64 Å². The van der Waals surface area contributed by atoms with Crippen molar-refractivity contribution >= 4 is 21.6 Å². The zero-order valence-corrected chi connectivity index (χ0v) is 9.12. The van der Waals surface area contributed by atoms with Crippen molar-refractivity contribution in [2.24, 2.45) is 0 Å². The van der Waals surface area contributed by atoms with Crippen LogP contribution in [0.15, 0.2) is 28.7 Å². The highest BCUT2D eigenvalue weighted by Gasteiger charge is 2.27. The summed E-state index contributed by atoms with van der Waals surface area (Å²) in [7, 11) is 1.77. The van der Waals surface area contributed by atoms with E-state index in [1.165, 1.54) is 5.69 Å². The van der Waals surface area contributed by atoms with Crippen LogP contribution in [0.25, 0.3) is 0 Å². The summed E-state index contributed by atoms with van der Waals surface area (Å²) in [6, 6.07) is 8.27. The van der Waals surface area contributed by atoms with Gasteiger partial charge in [0.2, 0.25) is 0 Å². The van der Waals surface area contributed by atoms with Crippen LogP contribution in [0.5, 0.6) is 0 Å². The molecule has 3 heteroatoms. The van der Waals surface area contributed by atoms with Crippen molar-refractivity contribution in [1.29, 1.82) is 0 Å². The molecule has 2 nitrogen and oxygen atoms in total. The van der Waals surface area contributed by atoms with Crippen molar-refractivity contribution in [2.75, 3.05) is 25.1 Å². The van der Waals surface area contributed by atoms with Crippen LogP contribution in [0.4, 0.5) is 5.69 Å². The summed E-state index contributed by atoms with van der Waals surface area (Å²) < 4.78 is 6.38. The van der Waals surface area contributed by atoms with E-state index in [0.717, 1.165) is 17.6 Å². The molecule has 1 aromatic carbocycles. The maximum atomic E-state index is 5.22. The second-order valence-electron chi connectivity index (χ2n) is 3.21. The maximum absolute atomic E-state index is 5.22. The second kappa shape index (κ2) is 3.68. The third-order valence-corrected chi connectivity index (χ3v) is 3.05. The molecule has 2 rings (SSSR count). The lowest BCUT2D eigenvalue weighted by atomic mass is 10.1. The molecule has 0 aliphatic carbocycles. The van der Waals surface area contributed by atoms with E-state index >= 15 is 0 Å². The van der Waals surface area contributed by atoms with Gasteiger partial charge in [0.05, 0.1) is 11.8 Å². The largest absolute Gasteiger partial charge is 0.378 e. The predicted molar refractivity (Wildman–Crippen MR) is 57.2 cm³/mol. The van der Waals surface area contributed by atoms with Gasteiger partial charge in [0.15, 0.2) is 0 Å². The molecule has 0 aromatic heterocycles. The van der Waals surface area contributed by atoms with E-state index in [0.29, 0.717) is 6.10 Å². The summed E-state index contributed by atoms with van der Waals surface area (Å²) in [4.78, 5) is 2.30. The van der Waals surface area contributed by atoms with E-state index in [1.807, 2.05) is 6.07 Å². The minimum Gasteiger partial charge on any atom is -0.378 e. The fourth-order valence-electron chi connectivity index (χ4n) is 1.49. The minimum atomic E-state index is 0.409. The van der Waals surface area contributed by atoms with Gasteiger partial charge in [-0.1, -0.05) is 12.1 Å². The Kier molecular flexibility index (Phi) is 2.56. The lowest BCUT2D eigenvalue weighted by Crippen LogP contribution is -2.52. The molecule has 1 saturated heterocycles. The normalized spacial score (nSPS) is 17.2. The summed E-state index contributed by atoms with van der Waals surface area (Å²) in [5, 5.41) is 0. The molecule has 0 N–H and O–H groups in total. The molecule has 70 valence electrons. The van der Waals surface area contributed by atoms with Crippen molar-refractivity contribution in [3.63, 3.8) is 0 Å². The van der Waals surface area contributed by atoms with Gasteiger partial charge in [-0.05, 0) is 28.1 Å². The van der Waals surface area contributed by atoms with E-state index < -0.39 is 0 Å². The number of anilines is 1. The SMILES string of the molecule is COC1CN(c2ccccc2Br)C1. The van der Waals surface area contributed by atoms with Crippen LogP contribution >= 0.6 is 15.9 Å². The van der Waals surface area contributed by atoms with Crippen molar-refractivity contribution < 1.29 is 4.74 Å². The number of methoxy groups -OCH3 is 1. The molecule has 1 fully saturated rings. The summed E-state index contributed by atoms with van der Waals surface area (Å²) in [6.45, 7) is 2.00. The first-order valence-corrected chi connectivity index (χ1v) is 5.13. The molecule has 0 radical (unpaired) electrons. The molecule has 1 aliphatic heterocycles. The first kappa shape index (κ1) is 9.03. The number of nitrogens with zero attached hydrogens (tertiary/aromatic N) is 1. The average Bonchev–Trinajstić information content (AvgIpc) is 2.06. The fourth-order valence-corrected chi connectivity index (χ4v) is 2.03. The molecule has 0 atom stereocenters. The Bertz CT molecular complexity index is 297. The molecular weight excluding hydrogens is 230 g/mol. The van der Waals surface area contributed by atoms with Gasteiger partial charge >= 0.3 is 0 Å². The van der Waals surface area contributed by atoms with Crippen LogP contribution in [-0.2, 0) is 4.74 Å². The molecule has 0 bridgehead atoms. The molecule has 0 amide bonds. The molecule has 1 heterocycles. The van der Waals surface area contributed by atoms with Gasteiger partial charge in [-0.15, -0.1) is 0 Å². The molecule has 0 unspecified atom stereocenters. The average molecular weight is 242 g/mol. The highest BCUT2D eigenvalue weighted by atomic mass is 79.9. The number of ether oxygens (including phenoxy) is 1. The van der Waals surface area contributed by atoms with Crippen molar-refractivity contribution in [1.82, 2.24) is 0 Å². The van der Waals surface area contributed by atoms with Crippen LogP contribution in [-0.4, -0.2) is 26.3 Å². The molecule has 1 aliphatic rings. The highest BCUT2D eigenvalue weighted by molar-refractivity contribution is 9.10. The molecule has 13 heavy (non-hydrogen) atoms. The topological polar surface area (TPSA) is 12.5 Å². The number of hydrogen-bond acceptors (Lipinski definition) is 2. The van der Waals surface area contributed by atoms with Gasteiger partial charge in [-0.3, -0.25) is 0 Å². The Morgan fingerprint density at radius 1 is 1.38 bits per heavy atom. The number of rotatable bonds is 2. The third-order valence-electron chi connectivity index (χ3n) is 2.37. The monoisotopic (exact) mass is 241 g/mol. The second-order valence-corrected chi connectivity index (χ2v) is 4.07. The first-order valence-electron chi connectivity index (χ1n) is 4.33. The lowest BCUT2D eigenvalue weighted by Gasteiger charge is -2.40. The Morgan fingerprint density at radius 3 is 2.69 bits per heavy atom. The van der Waals surface area contributed by atoms with Crippen molar-refractivity contribution in [3.8, 4) is 0 Å². The summed E-state index contributed by atoms with van der Waals surface area (Å²) in [5.74, 6) is 0. The number of benzene rings is 1. The summed E-state index contributed by atoms with van der Waals surface area (Å²) >= 11 is 3.53. The van der Waals surface area contributed by atoms with Crippen LogP contribution < -0.4 is 4.90 Å². The van der Waals surface area contributed by atoms with Crippen molar-refractivity contribution in [2.45, 2.75) is 6.10 Å². The molecule has 1 aromatic rings. The lowest BCUT2D eigenvalue weighted by molar-refractivity contribution is 0.0787. The van der Waals surface area contributed by atoms with Crippen LogP contribution in [0.1, 0.15) is 0 Å². The highest BCUT2D eigenvalue weighted by Crippen LogP contribution is 2.29. The Hall–Kier alpha value is -0.540. The zero-order valence-electron chi connectivity index (χ0n) is 7.53. The standard InChI is InChI=1S/C10H12BrNO/c1-13-8-6-12(7-8)10-5-3-2-4-9(10)11/h2-5,8H,6-7H2,1H3. The zero-order chi connectivity index (χ0) is 9.26. The van der Waals surface area contributed by atoms with E-state index in [1.54, 1.807) is 7.11 Å². The van der Waals surface area contributed by atoms with E-state index in [2.05, 4.69) is 39.0 Å². The van der Waals surface area contributed by atoms with Crippen molar-refractivity contribution in [3.05, 3.63) is 28.7 Å². The number of hydrogen-bond donors (Lipinski definition) is 0. The van der Waals surface area contributed by atoms with Gasteiger partial charge in [-0.2, -0.15) is 0 Å². The number of para-hydroxylation sites is 1. The Labute approximate surface area is 86.6 Å². The fraction of sp³-hybridized carbons (Fsp3) is 0.400. The van der Waals surface area contributed by atoms with E-state index in [4.69, 9.17) is 4.74 Å². The summed E-state index contributed by atoms with van der Waals surface area (Å²) in [6.07, 6.45) is 0.409. The van der Waals surface area contributed by atoms with Gasteiger partial charge in [0.1, 0.15) is 0 Å². The first-order chi connectivity index (χ1) is 6.31. The van der Waals surface area contributed by atoms with E-state index in [9.17, 15) is 0 Å². The molecular formula is C10H12BrNO. The van der Waals surface area contributed by atoms with Gasteiger partial charge in [-0.25, -0.2) is 0 Å². The molecule has 0 spiro atoms. The summed E-state index contributed by atoms with van der Waals surface area (Å²) in [5.41, 5.74) is 1.26. The quantitative estimate of drug-likeness (QED) is 0.788. The van der Waals surface area contributed by atoms with Crippen LogP contribution in [0, 0.1) is 0 Å². The Morgan fingerprint density at radius 2 is 2.08 bits per heavy atom. The number of halogens is 1. The van der Waals surface area contributed by atoms with Crippen LogP contribution in [0.2, 0.25) is 0 Å². The smallest absolute Gasteiger partial charge is 0.0920 e. The van der Waals surface area contributed by atoms with E-state index in [-0.39, 0.29) is 0 Å². The third kappa shape index (κ3) is 1.71. The Balaban J connectivity index is 2.07. The van der Waals surface area contributed by atoms with Gasteiger partial charge in [0, 0.05) is 24.7 Å². The molecule has 0 saturated carbocycles. The van der Waals surface area contributed by atoms with Gasteiger partial charge in [0.25, 0.3) is 0 Å². The minimum absolute atomic E-state index is 0.409. The maximum Gasteiger partial charge on any atom is 0.0920 e. The predicted octanol–water partition coefficient (Wildman–Crippen LogP) is 2.28. The van der Waals surface area contributed by atoms with Crippen LogP contribution in [0.3, 0.4) is 0 Å².